The second kappa shape index (κ2) is 7.45. The Balaban J connectivity index is 2.03. The number of carbonyl (C=O) groups is 1. The molecule has 3 rings (SSSR count). The number of nitrogens with zero attached hydrogens (tertiary/aromatic N) is 3. The number of benzene rings is 2. The van der Waals surface area contributed by atoms with Gasteiger partial charge in [-0.1, -0.05) is 32.9 Å². The van der Waals surface area contributed by atoms with Gasteiger partial charge in [0.05, 0.1) is 11.3 Å². The fourth-order valence-corrected chi connectivity index (χ4v) is 3.23. The molecule has 0 spiro atoms. The summed E-state index contributed by atoms with van der Waals surface area (Å²) in [6, 6.07) is 10.6. The van der Waals surface area contributed by atoms with Gasteiger partial charge >= 0.3 is 6.18 Å². The molecule has 10 heteroatoms. The largest absolute Gasteiger partial charge is 0.431 e. The number of nitro groups is 1. The first kappa shape index (κ1) is 22.4. The molecule has 1 heterocycles. The van der Waals surface area contributed by atoms with E-state index in [1.165, 1.54) is 12.1 Å². The fraction of sp³-hybridized carbons (Fsp3) is 0.333. The molecule has 31 heavy (non-hydrogen) atoms. The molecule has 0 unspecified atom stereocenters. The molecule has 2 aromatic rings. The summed E-state index contributed by atoms with van der Waals surface area (Å²) < 4.78 is 40.0. The normalized spacial score (nSPS) is 19.3. The Hall–Kier alpha value is -3.27. The number of hydrogen-bond acceptors (Lipinski definition) is 5. The summed E-state index contributed by atoms with van der Waals surface area (Å²) in [6.45, 7) is 5.91. The predicted octanol–water partition coefficient (Wildman–Crippen LogP) is 4.50. The maximum Gasteiger partial charge on any atom is 0.431 e. The summed E-state index contributed by atoms with van der Waals surface area (Å²) in [4.78, 5) is 23.2. The second-order valence-corrected chi connectivity index (χ2v) is 8.29. The highest BCUT2D eigenvalue weighted by Crippen LogP contribution is 2.41. The number of nitro benzene ring substituents is 1. The van der Waals surface area contributed by atoms with Crippen molar-refractivity contribution in [1.82, 2.24) is 5.01 Å². The molecule has 0 bridgehead atoms. The zero-order chi connectivity index (χ0) is 23.2. The molecule has 1 aliphatic heterocycles. The van der Waals surface area contributed by atoms with Gasteiger partial charge < -0.3 is 5.11 Å². The highest BCUT2D eigenvalue weighted by molar-refractivity contribution is 5.99. The second-order valence-electron chi connectivity index (χ2n) is 8.29. The van der Waals surface area contributed by atoms with Crippen LogP contribution in [0.4, 0.5) is 18.9 Å². The van der Waals surface area contributed by atoms with Crippen LogP contribution in [0.15, 0.2) is 53.6 Å². The van der Waals surface area contributed by atoms with Crippen molar-refractivity contribution in [3.8, 4) is 0 Å². The van der Waals surface area contributed by atoms with Crippen LogP contribution in [-0.2, 0) is 11.1 Å². The van der Waals surface area contributed by atoms with E-state index >= 15 is 0 Å². The van der Waals surface area contributed by atoms with E-state index in [-0.39, 0.29) is 22.2 Å². The van der Waals surface area contributed by atoms with E-state index in [0.717, 1.165) is 29.8 Å². The summed E-state index contributed by atoms with van der Waals surface area (Å²) in [5.74, 6) is -0.930. The third kappa shape index (κ3) is 4.29. The lowest BCUT2D eigenvalue weighted by Crippen LogP contribution is -2.43. The Kier molecular flexibility index (Phi) is 5.39. The van der Waals surface area contributed by atoms with Gasteiger partial charge in [0.1, 0.15) is 5.71 Å². The molecule has 1 aliphatic rings. The van der Waals surface area contributed by atoms with E-state index < -0.39 is 34.9 Å². The number of carbonyl (C=O) groups excluding carboxylic acids is 1. The lowest BCUT2D eigenvalue weighted by atomic mass is 9.86. The Morgan fingerprint density at radius 3 is 2.10 bits per heavy atom. The molecule has 164 valence electrons. The van der Waals surface area contributed by atoms with Gasteiger partial charge in [0, 0.05) is 23.3 Å². The van der Waals surface area contributed by atoms with Crippen LogP contribution < -0.4 is 0 Å². The van der Waals surface area contributed by atoms with E-state index in [9.17, 15) is 33.2 Å². The number of hydrazone groups is 1. The predicted molar refractivity (Wildman–Crippen MR) is 106 cm³/mol. The Morgan fingerprint density at radius 1 is 1.10 bits per heavy atom. The minimum Gasteiger partial charge on any atom is -0.365 e. The van der Waals surface area contributed by atoms with Gasteiger partial charge in [-0.15, -0.1) is 0 Å². The number of halogens is 3. The van der Waals surface area contributed by atoms with Crippen molar-refractivity contribution in [3.63, 3.8) is 0 Å². The quantitative estimate of drug-likeness (QED) is 0.567. The van der Waals surface area contributed by atoms with Crippen molar-refractivity contribution in [1.29, 1.82) is 0 Å². The monoisotopic (exact) mass is 435 g/mol. The topological polar surface area (TPSA) is 96.0 Å². The number of aliphatic hydroxyl groups is 1. The first-order chi connectivity index (χ1) is 14.2. The van der Waals surface area contributed by atoms with Gasteiger partial charge in [-0.3, -0.25) is 14.9 Å². The van der Waals surface area contributed by atoms with E-state index in [1.807, 2.05) is 20.8 Å². The van der Waals surface area contributed by atoms with Crippen LogP contribution in [0.25, 0.3) is 0 Å². The zero-order valence-electron chi connectivity index (χ0n) is 17.0. The molecule has 0 saturated heterocycles. The standard InChI is InChI=1S/C21H20F3N3O4/c1-19(2,3)14-6-4-13(5-7-14)18(28)26-20(29,12-17(25-26)21(22,23)24)15-8-10-16(11-9-15)27(30)31/h4-11,29H,12H2,1-3H3/t20-/m0/s1. The molecule has 0 aromatic heterocycles. The third-order valence-corrected chi connectivity index (χ3v) is 5.04. The van der Waals surface area contributed by atoms with Gasteiger partial charge in [0.15, 0.2) is 5.72 Å². The van der Waals surface area contributed by atoms with Gasteiger partial charge in [-0.05, 0) is 35.2 Å². The molecular formula is C21H20F3N3O4. The number of alkyl halides is 3. The van der Waals surface area contributed by atoms with Crippen LogP contribution in [0, 0.1) is 10.1 Å². The Labute approximate surface area is 175 Å². The molecule has 1 N–H and O–H groups in total. The van der Waals surface area contributed by atoms with Crippen molar-refractivity contribution in [3.05, 3.63) is 75.3 Å². The highest BCUT2D eigenvalue weighted by Gasteiger charge is 2.53. The average Bonchev–Trinajstić information content (AvgIpc) is 3.06. The number of rotatable bonds is 3. The van der Waals surface area contributed by atoms with Crippen molar-refractivity contribution in [2.24, 2.45) is 5.10 Å². The summed E-state index contributed by atoms with van der Waals surface area (Å²) in [6.07, 6.45) is -5.86. The van der Waals surface area contributed by atoms with Crippen molar-refractivity contribution in [2.45, 2.75) is 44.5 Å². The first-order valence-electron chi connectivity index (χ1n) is 9.30. The van der Waals surface area contributed by atoms with Crippen LogP contribution in [0.3, 0.4) is 0 Å². The maximum atomic E-state index is 13.3. The van der Waals surface area contributed by atoms with Crippen LogP contribution in [0.5, 0.6) is 0 Å². The summed E-state index contributed by atoms with van der Waals surface area (Å²) in [5, 5.41) is 25.8. The molecule has 0 fully saturated rings. The van der Waals surface area contributed by atoms with E-state index in [1.54, 1.807) is 12.1 Å². The zero-order valence-corrected chi connectivity index (χ0v) is 17.0. The van der Waals surface area contributed by atoms with Gasteiger partial charge in [-0.2, -0.15) is 23.3 Å². The SMILES string of the molecule is CC(C)(C)c1ccc(C(=O)N2N=C(C(F)(F)F)C[C@]2(O)c2ccc([N+](=O)[O-])cc2)cc1. The smallest absolute Gasteiger partial charge is 0.365 e. The molecular weight excluding hydrogens is 415 g/mol. The van der Waals surface area contributed by atoms with Gasteiger partial charge in [0.25, 0.3) is 11.6 Å². The number of amides is 1. The lowest BCUT2D eigenvalue weighted by molar-refractivity contribution is -0.384. The van der Waals surface area contributed by atoms with Crippen LogP contribution in [0.1, 0.15) is 48.7 Å². The van der Waals surface area contributed by atoms with E-state index in [0.29, 0.717) is 5.01 Å². The third-order valence-electron chi connectivity index (χ3n) is 5.04. The van der Waals surface area contributed by atoms with Crippen molar-refractivity contribution >= 4 is 17.3 Å². The summed E-state index contributed by atoms with van der Waals surface area (Å²) in [5.41, 5.74) is -3.45. The molecule has 2 aromatic carbocycles. The highest BCUT2D eigenvalue weighted by atomic mass is 19.4. The van der Waals surface area contributed by atoms with Crippen molar-refractivity contribution in [2.75, 3.05) is 0 Å². The summed E-state index contributed by atoms with van der Waals surface area (Å²) >= 11 is 0. The lowest BCUT2D eigenvalue weighted by Gasteiger charge is -2.31. The van der Waals surface area contributed by atoms with Gasteiger partial charge in [0.2, 0.25) is 0 Å². The molecule has 1 atom stereocenters. The first-order valence-corrected chi connectivity index (χ1v) is 9.30. The maximum absolute atomic E-state index is 13.3. The average molecular weight is 435 g/mol. The number of non-ortho nitro benzene ring substituents is 1. The molecule has 0 radical (unpaired) electrons. The Bertz CT molecular complexity index is 1040. The molecule has 0 aliphatic carbocycles. The van der Waals surface area contributed by atoms with Gasteiger partial charge in [-0.25, -0.2) is 0 Å². The summed E-state index contributed by atoms with van der Waals surface area (Å²) in [7, 11) is 0. The van der Waals surface area contributed by atoms with Crippen LogP contribution >= 0.6 is 0 Å². The number of hydrogen-bond donors (Lipinski definition) is 1. The molecule has 1 amide bonds. The molecule has 7 nitrogen and oxygen atoms in total. The van der Waals surface area contributed by atoms with Crippen molar-refractivity contribution < 1.29 is 28.0 Å². The fourth-order valence-electron chi connectivity index (χ4n) is 3.23. The van der Waals surface area contributed by atoms with Crippen LogP contribution in [-0.4, -0.2) is 32.8 Å². The van der Waals surface area contributed by atoms with Crippen LogP contribution in [0.2, 0.25) is 0 Å². The minimum absolute atomic E-state index is 0.0421. The Morgan fingerprint density at radius 2 is 1.65 bits per heavy atom. The molecule has 0 saturated carbocycles. The van der Waals surface area contributed by atoms with E-state index in [2.05, 4.69) is 5.10 Å². The van der Waals surface area contributed by atoms with E-state index in [4.69, 9.17) is 0 Å². The minimum atomic E-state index is -4.86.